The number of piperidine rings is 1. The number of anilines is 2. The van der Waals surface area contributed by atoms with Crippen LogP contribution in [0.1, 0.15) is 28.9 Å². The third-order valence-electron chi connectivity index (χ3n) is 6.32. The van der Waals surface area contributed by atoms with E-state index in [4.69, 9.17) is 16.3 Å². The number of halogens is 1. The van der Waals surface area contributed by atoms with E-state index in [1.807, 2.05) is 19.2 Å². The molecule has 1 aliphatic rings. The topological polar surface area (TPSA) is 113 Å². The van der Waals surface area contributed by atoms with Crippen LogP contribution >= 0.6 is 22.9 Å². The molecular weight excluding hydrogens is 500 g/mol. The van der Waals surface area contributed by atoms with Crippen LogP contribution in [-0.4, -0.2) is 57.8 Å². The summed E-state index contributed by atoms with van der Waals surface area (Å²) in [4.78, 5) is 33.0. The highest BCUT2D eigenvalue weighted by molar-refractivity contribution is 7.22. The van der Waals surface area contributed by atoms with Crippen molar-refractivity contribution >= 4 is 50.0 Å². The first-order valence-corrected chi connectivity index (χ1v) is 12.7. The van der Waals surface area contributed by atoms with Crippen LogP contribution in [0.3, 0.4) is 0 Å². The summed E-state index contributed by atoms with van der Waals surface area (Å²) in [5, 5.41) is 13.0. The fraction of sp³-hybridized carbons (Fsp3) is 0.320. The number of carbonyl (C=O) groups is 1. The SMILES string of the molecule is COc1cnc(Cl)cc1-c1cc(C)ncc1C(=O)Nc1nc2ncc(N3CCC(CO)CC3)cc2s1. The van der Waals surface area contributed by atoms with Crippen molar-refractivity contribution in [3.8, 4) is 16.9 Å². The number of pyridine rings is 3. The molecule has 0 aliphatic carbocycles. The first kappa shape index (κ1) is 24.4. The highest BCUT2D eigenvalue weighted by atomic mass is 35.5. The minimum atomic E-state index is -0.349. The molecule has 9 nitrogen and oxygen atoms in total. The van der Waals surface area contributed by atoms with E-state index in [2.05, 4.69) is 36.2 Å². The number of hydrogen-bond donors (Lipinski definition) is 2. The molecule has 36 heavy (non-hydrogen) atoms. The van der Waals surface area contributed by atoms with Gasteiger partial charge in [0, 0.05) is 42.7 Å². The number of fused-ring (bicyclic) bond motifs is 1. The van der Waals surface area contributed by atoms with Gasteiger partial charge in [-0.05, 0) is 43.9 Å². The maximum atomic E-state index is 13.3. The zero-order chi connectivity index (χ0) is 25.2. The summed E-state index contributed by atoms with van der Waals surface area (Å²) in [5.41, 5.74) is 3.99. The maximum Gasteiger partial charge on any atom is 0.259 e. The van der Waals surface area contributed by atoms with Crippen molar-refractivity contribution in [3.05, 3.63) is 53.2 Å². The molecule has 1 fully saturated rings. The van der Waals surface area contributed by atoms with Crippen LogP contribution in [0.25, 0.3) is 21.5 Å². The molecule has 0 bridgehead atoms. The van der Waals surface area contributed by atoms with Crippen LogP contribution < -0.4 is 15.0 Å². The number of rotatable bonds is 6. The minimum Gasteiger partial charge on any atom is -0.494 e. The molecule has 0 aromatic carbocycles. The van der Waals surface area contributed by atoms with E-state index in [0.29, 0.717) is 44.3 Å². The number of hydrogen-bond acceptors (Lipinski definition) is 9. The lowest BCUT2D eigenvalue weighted by atomic mass is 9.98. The number of carbonyl (C=O) groups excluding carboxylic acids is 1. The number of amides is 1. The number of nitrogens with zero attached hydrogens (tertiary/aromatic N) is 5. The number of nitrogens with one attached hydrogen (secondary N) is 1. The first-order valence-electron chi connectivity index (χ1n) is 11.6. The van der Waals surface area contributed by atoms with Gasteiger partial charge in [-0.1, -0.05) is 22.9 Å². The van der Waals surface area contributed by atoms with E-state index < -0.39 is 0 Å². The maximum absolute atomic E-state index is 13.3. The number of thiazole rings is 1. The van der Waals surface area contributed by atoms with Crippen LogP contribution in [-0.2, 0) is 0 Å². The number of ether oxygens (including phenoxy) is 1. The fourth-order valence-corrected chi connectivity index (χ4v) is 5.34. The Balaban J connectivity index is 1.41. The Morgan fingerprint density at radius 1 is 1.17 bits per heavy atom. The lowest BCUT2D eigenvalue weighted by Crippen LogP contribution is -2.34. The summed E-state index contributed by atoms with van der Waals surface area (Å²) in [6.07, 6.45) is 6.79. The predicted molar refractivity (Wildman–Crippen MR) is 141 cm³/mol. The van der Waals surface area contributed by atoms with Gasteiger partial charge in [0.05, 0.1) is 35.5 Å². The number of aromatic nitrogens is 4. The van der Waals surface area contributed by atoms with Crippen LogP contribution in [0, 0.1) is 12.8 Å². The van der Waals surface area contributed by atoms with Gasteiger partial charge in [-0.25, -0.2) is 9.97 Å². The largest absolute Gasteiger partial charge is 0.494 e. The molecule has 2 N–H and O–H groups in total. The van der Waals surface area contributed by atoms with Crippen molar-refractivity contribution in [2.75, 3.05) is 37.0 Å². The van der Waals surface area contributed by atoms with E-state index in [0.717, 1.165) is 42.0 Å². The van der Waals surface area contributed by atoms with E-state index in [-0.39, 0.29) is 12.5 Å². The van der Waals surface area contributed by atoms with E-state index in [9.17, 15) is 9.90 Å². The van der Waals surface area contributed by atoms with Crippen LogP contribution in [0.5, 0.6) is 5.75 Å². The van der Waals surface area contributed by atoms with Gasteiger partial charge in [0.25, 0.3) is 5.91 Å². The molecule has 0 atom stereocenters. The molecule has 4 aromatic rings. The summed E-state index contributed by atoms with van der Waals surface area (Å²) in [6.45, 7) is 3.85. The Morgan fingerprint density at radius 2 is 1.97 bits per heavy atom. The average Bonchev–Trinajstić information content (AvgIpc) is 3.30. The number of aryl methyl sites for hydroxylation is 1. The fourth-order valence-electron chi connectivity index (χ4n) is 4.33. The Labute approximate surface area is 217 Å². The van der Waals surface area contributed by atoms with Crippen molar-refractivity contribution in [2.24, 2.45) is 5.92 Å². The molecule has 4 aromatic heterocycles. The van der Waals surface area contributed by atoms with Gasteiger partial charge >= 0.3 is 0 Å². The van der Waals surface area contributed by atoms with Gasteiger partial charge in [-0.2, -0.15) is 4.98 Å². The van der Waals surface area contributed by atoms with Crippen molar-refractivity contribution in [3.63, 3.8) is 0 Å². The molecule has 1 aliphatic heterocycles. The molecule has 1 amide bonds. The molecule has 186 valence electrons. The molecule has 0 radical (unpaired) electrons. The summed E-state index contributed by atoms with van der Waals surface area (Å²) < 4.78 is 6.34. The van der Waals surface area contributed by atoms with Crippen LogP contribution in [0.2, 0.25) is 5.15 Å². The molecule has 5 heterocycles. The zero-order valence-corrected chi connectivity index (χ0v) is 21.4. The zero-order valence-electron chi connectivity index (χ0n) is 19.9. The molecule has 0 saturated carbocycles. The van der Waals surface area contributed by atoms with Crippen LogP contribution in [0.4, 0.5) is 10.8 Å². The van der Waals surface area contributed by atoms with Gasteiger partial charge < -0.3 is 14.7 Å². The second kappa shape index (κ2) is 10.3. The molecule has 11 heteroatoms. The normalized spacial score (nSPS) is 14.3. The highest BCUT2D eigenvalue weighted by Crippen LogP contribution is 2.35. The smallest absolute Gasteiger partial charge is 0.259 e. The lowest BCUT2D eigenvalue weighted by molar-refractivity contribution is 0.102. The second-order valence-corrected chi connectivity index (χ2v) is 10.1. The third-order valence-corrected chi connectivity index (χ3v) is 7.43. The lowest BCUT2D eigenvalue weighted by Gasteiger charge is -2.32. The van der Waals surface area contributed by atoms with Gasteiger partial charge in [-0.15, -0.1) is 0 Å². The summed E-state index contributed by atoms with van der Waals surface area (Å²) in [5.74, 6) is 0.518. The number of aliphatic hydroxyl groups is 1. The Kier molecular flexibility index (Phi) is 6.99. The predicted octanol–water partition coefficient (Wildman–Crippen LogP) is 4.58. The molecular formula is C25H25ClN6O3S. The highest BCUT2D eigenvalue weighted by Gasteiger charge is 2.21. The van der Waals surface area contributed by atoms with Crippen molar-refractivity contribution < 1.29 is 14.6 Å². The van der Waals surface area contributed by atoms with Crippen molar-refractivity contribution in [1.82, 2.24) is 19.9 Å². The third kappa shape index (κ3) is 4.97. The van der Waals surface area contributed by atoms with E-state index in [1.165, 1.54) is 23.7 Å². The summed E-state index contributed by atoms with van der Waals surface area (Å²) in [7, 11) is 1.54. The Hall–Kier alpha value is -3.34. The quantitative estimate of drug-likeness (QED) is 0.352. The van der Waals surface area contributed by atoms with Gasteiger partial charge in [0.2, 0.25) is 0 Å². The minimum absolute atomic E-state index is 0.238. The molecule has 1 saturated heterocycles. The van der Waals surface area contributed by atoms with E-state index >= 15 is 0 Å². The van der Waals surface area contributed by atoms with Crippen molar-refractivity contribution in [2.45, 2.75) is 19.8 Å². The molecule has 0 spiro atoms. The monoisotopic (exact) mass is 524 g/mol. The summed E-state index contributed by atoms with van der Waals surface area (Å²) >= 11 is 7.51. The van der Waals surface area contributed by atoms with E-state index in [1.54, 1.807) is 13.2 Å². The number of aliphatic hydroxyl groups excluding tert-OH is 1. The van der Waals surface area contributed by atoms with Gasteiger partial charge in [0.1, 0.15) is 10.9 Å². The van der Waals surface area contributed by atoms with Crippen LogP contribution in [0.15, 0.2) is 36.8 Å². The Morgan fingerprint density at radius 3 is 2.72 bits per heavy atom. The summed E-state index contributed by atoms with van der Waals surface area (Å²) in [6, 6.07) is 5.53. The molecule has 0 unspecified atom stereocenters. The van der Waals surface area contributed by atoms with Gasteiger partial charge in [0.15, 0.2) is 10.8 Å². The number of methoxy groups -OCH3 is 1. The molecule has 5 rings (SSSR count). The second-order valence-electron chi connectivity index (χ2n) is 8.68. The van der Waals surface area contributed by atoms with Crippen molar-refractivity contribution in [1.29, 1.82) is 0 Å². The van der Waals surface area contributed by atoms with Gasteiger partial charge in [-0.3, -0.25) is 15.1 Å². The average molecular weight is 525 g/mol. The first-order chi connectivity index (χ1) is 17.4. The Bertz CT molecular complexity index is 1420. The standard InChI is InChI=1S/C25H25ClN6O3S/c1-14-7-17(18-9-22(26)28-12-20(18)35-2)19(11-27-14)24(34)31-25-30-23-21(36-25)8-16(10-29-23)32-5-3-15(13-33)4-6-32/h7-12,15,33H,3-6,13H2,1-2H3,(H,29,30,31,34).